The van der Waals surface area contributed by atoms with Crippen LogP contribution in [-0.2, 0) is 0 Å². The van der Waals surface area contributed by atoms with Crippen LogP contribution < -0.4 is 15.9 Å². The Morgan fingerprint density at radius 1 is 1.37 bits per heavy atom. The summed E-state index contributed by atoms with van der Waals surface area (Å²) < 4.78 is 0. The zero-order valence-corrected chi connectivity index (χ0v) is 17.0. The zero-order valence-electron chi connectivity index (χ0n) is 16.1. The maximum Gasteiger partial charge on any atom is 0.124 e. The third-order valence-electron chi connectivity index (χ3n) is 5.34. The average Bonchev–Trinajstić information content (AvgIpc) is 3.02. The van der Waals surface area contributed by atoms with Gasteiger partial charge < -0.3 is 15.3 Å². The largest absolute Gasteiger partial charge is 0.396 e. The molecule has 1 unspecified atom stereocenters. The van der Waals surface area contributed by atoms with Gasteiger partial charge in [-0.3, -0.25) is 9.88 Å². The van der Waals surface area contributed by atoms with E-state index in [4.69, 9.17) is 9.97 Å². The molecule has 0 radical (unpaired) electrons. The predicted molar refractivity (Wildman–Crippen MR) is 110 cm³/mol. The number of anilines is 1. The van der Waals surface area contributed by atoms with Gasteiger partial charge in [-0.25, -0.2) is 4.98 Å². The van der Waals surface area contributed by atoms with Gasteiger partial charge in [0.2, 0.25) is 0 Å². The first kappa shape index (κ1) is 18.4. The number of aliphatic hydroxyl groups is 1. The molecule has 27 heavy (non-hydrogen) atoms. The van der Waals surface area contributed by atoms with Gasteiger partial charge in [-0.1, -0.05) is 13.8 Å². The Morgan fingerprint density at radius 2 is 2.22 bits per heavy atom. The molecule has 2 aromatic rings. The highest BCUT2D eigenvalue weighted by Crippen LogP contribution is 2.35. The molecular weight excluding hydrogens is 358 g/mol. The summed E-state index contributed by atoms with van der Waals surface area (Å²) in [6.07, 6.45) is 4.67. The number of hydrogen-bond acceptors (Lipinski definition) is 7. The number of nitrogens with one attached hydrogen (secondary N) is 1. The highest BCUT2D eigenvalue weighted by molar-refractivity contribution is 7.16. The number of aromatic nitrogens is 2. The van der Waals surface area contributed by atoms with Crippen molar-refractivity contribution in [1.29, 1.82) is 0 Å². The number of thiazole rings is 1. The van der Waals surface area contributed by atoms with Crippen LogP contribution in [0.1, 0.15) is 36.9 Å². The number of aliphatic hydroxyl groups excluding tert-OH is 1. The number of pyridine rings is 1. The molecule has 144 valence electrons. The quantitative estimate of drug-likeness (QED) is 0.818. The number of rotatable bonds is 4. The number of hydrogen-bond donors (Lipinski definition) is 2. The summed E-state index contributed by atoms with van der Waals surface area (Å²) in [5.41, 5.74) is 2.12. The van der Waals surface area contributed by atoms with Gasteiger partial charge in [0.15, 0.2) is 0 Å². The summed E-state index contributed by atoms with van der Waals surface area (Å²) in [6, 6.07) is 4.39. The van der Waals surface area contributed by atoms with Gasteiger partial charge >= 0.3 is 0 Å². The fourth-order valence-electron chi connectivity index (χ4n) is 3.74. The van der Waals surface area contributed by atoms with Crippen molar-refractivity contribution in [1.82, 2.24) is 19.8 Å². The van der Waals surface area contributed by atoms with E-state index in [0.29, 0.717) is 12.0 Å². The highest BCUT2D eigenvalue weighted by atomic mass is 32.1. The molecule has 2 aliphatic rings. The van der Waals surface area contributed by atoms with Crippen molar-refractivity contribution >= 4 is 28.2 Å². The lowest BCUT2D eigenvalue weighted by Gasteiger charge is -2.41. The van der Waals surface area contributed by atoms with Gasteiger partial charge in [0.1, 0.15) is 10.7 Å². The zero-order chi connectivity index (χ0) is 19.0. The van der Waals surface area contributed by atoms with Crippen molar-refractivity contribution in [3.8, 4) is 0 Å². The summed E-state index contributed by atoms with van der Waals surface area (Å²) >= 11 is 1.73. The highest BCUT2D eigenvalue weighted by Gasteiger charge is 2.30. The van der Waals surface area contributed by atoms with E-state index in [1.165, 1.54) is 0 Å². The summed E-state index contributed by atoms with van der Waals surface area (Å²) in [4.78, 5) is 14.5. The molecule has 6 nitrogen and oxygen atoms in total. The number of likely N-dealkylation sites (N-methyl/N-ethyl adjacent to an activating group) is 1. The average molecular weight is 386 g/mol. The van der Waals surface area contributed by atoms with Crippen LogP contribution in [0.4, 0.5) is 5.00 Å². The van der Waals surface area contributed by atoms with E-state index in [2.05, 4.69) is 42.1 Å². The smallest absolute Gasteiger partial charge is 0.124 e. The van der Waals surface area contributed by atoms with Crippen LogP contribution in [0, 0.1) is 0 Å². The minimum absolute atomic E-state index is 0.210. The summed E-state index contributed by atoms with van der Waals surface area (Å²) in [7, 11) is 2.14. The first-order chi connectivity index (χ1) is 13.1. The Kier molecular flexibility index (Phi) is 5.16. The summed E-state index contributed by atoms with van der Waals surface area (Å²) in [5, 5.41) is 17.2. The molecule has 1 atom stereocenters. The molecule has 0 aromatic carbocycles. The second-order valence-electron chi connectivity index (χ2n) is 7.56. The Balaban J connectivity index is 1.86. The van der Waals surface area contributed by atoms with Crippen molar-refractivity contribution in [2.75, 3.05) is 38.6 Å². The van der Waals surface area contributed by atoms with Crippen molar-refractivity contribution in [2.24, 2.45) is 0 Å². The topological polar surface area (TPSA) is 64.5 Å². The van der Waals surface area contributed by atoms with Crippen molar-refractivity contribution in [3.05, 3.63) is 39.6 Å². The van der Waals surface area contributed by atoms with Gasteiger partial charge in [0.05, 0.1) is 16.1 Å². The molecule has 1 fully saturated rings. The molecule has 0 saturated carbocycles. The van der Waals surface area contributed by atoms with Crippen LogP contribution in [0.15, 0.2) is 18.3 Å². The third-order valence-corrected chi connectivity index (χ3v) is 6.63. The van der Waals surface area contributed by atoms with Crippen molar-refractivity contribution in [3.63, 3.8) is 0 Å². The molecule has 4 heterocycles. The molecule has 2 aliphatic heterocycles. The molecule has 0 bridgehead atoms. The van der Waals surface area contributed by atoms with Gasteiger partial charge in [0.25, 0.3) is 0 Å². The van der Waals surface area contributed by atoms with E-state index >= 15 is 0 Å². The Labute approximate surface area is 163 Å². The standard InChI is InChI=1S/C20H27N5OS/c1-13(2)19-23-17-18(25-9-8-24(3)15(12-25)6-10-26)16-14(5-4-7-21-16)11-22-20(17)27-19/h4-5,7,11,13,15,22,26H,6,8-10,12H2,1-3H3. The van der Waals surface area contributed by atoms with E-state index in [9.17, 15) is 5.11 Å². The summed E-state index contributed by atoms with van der Waals surface area (Å²) in [5.74, 6) is 0.391. The molecule has 4 rings (SSSR count). The minimum Gasteiger partial charge on any atom is -0.396 e. The van der Waals surface area contributed by atoms with E-state index < -0.39 is 0 Å². The molecule has 1 saturated heterocycles. The van der Waals surface area contributed by atoms with E-state index in [-0.39, 0.29) is 6.61 Å². The number of nitrogens with zero attached hydrogens (tertiary/aromatic N) is 4. The molecule has 2 N–H and O–H groups in total. The fraction of sp³-hybridized carbons (Fsp3) is 0.500. The molecule has 2 aromatic heterocycles. The molecule has 0 aliphatic carbocycles. The van der Waals surface area contributed by atoms with Crippen LogP contribution >= 0.6 is 11.3 Å². The fourth-order valence-corrected chi connectivity index (χ4v) is 4.68. The van der Waals surface area contributed by atoms with Gasteiger partial charge in [-0.2, -0.15) is 0 Å². The lowest BCUT2D eigenvalue weighted by atomic mass is 10.1. The minimum atomic E-state index is 0.210. The predicted octanol–water partition coefficient (Wildman–Crippen LogP) is 0.980. The van der Waals surface area contributed by atoms with Crippen LogP contribution in [0.3, 0.4) is 0 Å². The Morgan fingerprint density at radius 3 is 3.00 bits per heavy atom. The van der Waals surface area contributed by atoms with Crippen LogP contribution in [0.25, 0.3) is 11.9 Å². The lowest BCUT2D eigenvalue weighted by molar-refractivity contribution is 0.109. The normalized spacial score (nSPS) is 20.0. The molecule has 7 heteroatoms. The van der Waals surface area contributed by atoms with Gasteiger partial charge in [-0.15, -0.1) is 11.3 Å². The Bertz CT molecular complexity index is 938. The first-order valence-corrected chi connectivity index (χ1v) is 10.4. The monoisotopic (exact) mass is 385 g/mol. The summed E-state index contributed by atoms with van der Waals surface area (Å²) in [6.45, 7) is 7.33. The lowest BCUT2D eigenvalue weighted by Crippen LogP contribution is -2.52. The molecule has 0 amide bonds. The van der Waals surface area contributed by atoms with Crippen LogP contribution in [0.2, 0.25) is 0 Å². The van der Waals surface area contributed by atoms with E-state index in [1.54, 1.807) is 11.3 Å². The van der Waals surface area contributed by atoms with Crippen LogP contribution in [-0.4, -0.2) is 64.2 Å². The van der Waals surface area contributed by atoms with Gasteiger partial charge in [-0.05, 0) is 25.6 Å². The van der Waals surface area contributed by atoms with E-state index in [0.717, 1.165) is 58.0 Å². The number of piperazine rings is 1. The second kappa shape index (κ2) is 7.58. The van der Waals surface area contributed by atoms with Gasteiger partial charge in [0, 0.05) is 55.8 Å². The van der Waals surface area contributed by atoms with Crippen molar-refractivity contribution < 1.29 is 5.11 Å². The maximum atomic E-state index is 9.47. The van der Waals surface area contributed by atoms with E-state index in [1.807, 2.05) is 18.5 Å². The van der Waals surface area contributed by atoms with Crippen LogP contribution in [0.5, 0.6) is 0 Å². The SMILES string of the molecule is CC(C)c1nc2c(s1)NC=c1cccnc1=C2N1CCN(C)C(CCO)C1. The third kappa shape index (κ3) is 3.47. The number of fused-ring (bicyclic) bond motifs is 2. The molecule has 0 spiro atoms. The van der Waals surface area contributed by atoms with Crippen molar-refractivity contribution in [2.45, 2.75) is 32.2 Å². The Hall–Kier alpha value is -1.96. The first-order valence-electron chi connectivity index (χ1n) is 9.57. The second-order valence-corrected chi connectivity index (χ2v) is 8.59. The maximum absolute atomic E-state index is 9.47. The molecular formula is C20H27N5OS.